The Morgan fingerprint density at radius 2 is 1.90 bits per heavy atom. The fourth-order valence-corrected chi connectivity index (χ4v) is 3.94. The normalized spacial score (nSPS) is 19.4. The first-order chi connectivity index (χ1) is 9.50. The molecule has 110 valence electrons. The van der Waals surface area contributed by atoms with Crippen LogP contribution in [0.4, 0.5) is 0 Å². The summed E-state index contributed by atoms with van der Waals surface area (Å²) >= 11 is 1.64. The molecule has 0 radical (unpaired) electrons. The van der Waals surface area contributed by atoms with Gasteiger partial charge in [0.2, 0.25) is 0 Å². The van der Waals surface area contributed by atoms with Crippen molar-refractivity contribution in [2.45, 2.75) is 11.3 Å². The lowest BCUT2D eigenvalue weighted by Crippen LogP contribution is -2.32. The van der Waals surface area contributed by atoms with Crippen molar-refractivity contribution < 1.29 is 13.2 Å². The summed E-state index contributed by atoms with van der Waals surface area (Å²) in [6.07, 6.45) is 2.61. The minimum atomic E-state index is -2.92. The van der Waals surface area contributed by atoms with Crippen molar-refractivity contribution in [2.75, 3.05) is 37.4 Å². The Morgan fingerprint density at radius 3 is 2.55 bits per heavy atom. The zero-order valence-corrected chi connectivity index (χ0v) is 13.2. The van der Waals surface area contributed by atoms with E-state index in [0.717, 1.165) is 4.90 Å². The Labute approximate surface area is 124 Å². The van der Waals surface area contributed by atoms with Gasteiger partial charge in [-0.1, -0.05) is 12.1 Å². The summed E-state index contributed by atoms with van der Waals surface area (Å²) in [4.78, 5) is 15.3. The summed E-state index contributed by atoms with van der Waals surface area (Å²) in [6, 6.07) is 7.54. The van der Waals surface area contributed by atoms with Crippen molar-refractivity contribution in [3.05, 3.63) is 29.8 Å². The van der Waals surface area contributed by atoms with Crippen molar-refractivity contribution >= 4 is 27.4 Å². The van der Waals surface area contributed by atoms with Gasteiger partial charge in [0, 0.05) is 17.0 Å². The molecule has 1 aromatic rings. The number of sulfone groups is 1. The number of nitrogens with zero attached hydrogens (tertiary/aromatic N) is 1. The van der Waals surface area contributed by atoms with E-state index >= 15 is 0 Å². The van der Waals surface area contributed by atoms with Crippen LogP contribution in [0.2, 0.25) is 0 Å². The van der Waals surface area contributed by atoms with Gasteiger partial charge in [0.25, 0.3) is 0 Å². The molecule has 6 heteroatoms. The summed E-state index contributed by atoms with van der Waals surface area (Å²) in [5.74, 6) is 0.447. The third-order valence-corrected chi connectivity index (χ3v) is 5.89. The molecule has 1 aliphatic heterocycles. The first-order valence-corrected chi connectivity index (χ1v) is 9.65. The molecule has 0 unspecified atom stereocenters. The molecular formula is C14H19NO3S2. The maximum absolute atomic E-state index is 12.2. The van der Waals surface area contributed by atoms with Crippen molar-refractivity contribution in [3.63, 3.8) is 0 Å². The highest BCUT2D eigenvalue weighted by Gasteiger charge is 2.20. The van der Waals surface area contributed by atoms with Gasteiger partial charge in [0.1, 0.15) is 0 Å². The topological polar surface area (TPSA) is 54.5 Å². The zero-order chi connectivity index (χ0) is 14.6. The second-order valence-electron chi connectivity index (χ2n) is 4.93. The van der Waals surface area contributed by atoms with E-state index in [1.165, 1.54) is 0 Å². The number of carbonyl (C=O) groups excluding carboxylic acids is 1. The minimum absolute atomic E-state index is 0.0527. The first kappa shape index (κ1) is 15.5. The van der Waals surface area contributed by atoms with Gasteiger partial charge >= 0.3 is 0 Å². The molecule has 1 heterocycles. The number of hydrogen-bond acceptors (Lipinski definition) is 5. The molecule has 0 spiro atoms. The molecule has 1 aromatic carbocycles. The average Bonchev–Trinajstić information content (AvgIpc) is 2.60. The molecule has 0 bridgehead atoms. The van der Waals surface area contributed by atoms with E-state index in [1.54, 1.807) is 11.8 Å². The molecule has 0 amide bonds. The molecule has 0 saturated carbocycles. The zero-order valence-electron chi connectivity index (χ0n) is 11.5. The van der Waals surface area contributed by atoms with Gasteiger partial charge in [-0.05, 0) is 31.4 Å². The van der Waals surface area contributed by atoms with Gasteiger partial charge in [-0.3, -0.25) is 9.69 Å². The van der Waals surface area contributed by atoms with Gasteiger partial charge in [-0.2, -0.15) is 0 Å². The van der Waals surface area contributed by atoms with Crippen molar-refractivity contribution in [2.24, 2.45) is 0 Å². The second-order valence-corrected chi connectivity index (χ2v) is 8.12. The van der Waals surface area contributed by atoms with Crippen molar-refractivity contribution in [1.82, 2.24) is 4.90 Å². The van der Waals surface area contributed by atoms with Gasteiger partial charge in [-0.25, -0.2) is 8.42 Å². The van der Waals surface area contributed by atoms with Gasteiger partial charge in [-0.15, -0.1) is 11.8 Å². The molecule has 0 N–H and O–H groups in total. The van der Waals surface area contributed by atoms with E-state index in [-0.39, 0.29) is 17.3 Å². The largest absolute Gasteiger partial charge is 0.295 e. The van der Waals surface area contributed by atoms with Crippen LogP contribution in [0.25, 0.3) is 0 Å². The lowest BCUT2D eigenvalue weighted by molar-refractivity contribution is 0.0935. The molecule has 1 aliphatic rings. The van der Waals surface area contributed by atoms with Crippen LogP contribution in [0.1, 0.15) is 16.8 Å². The number of benzene rings is 1. The van der Waals surface area contributed by atoms with Crippen LogP contribution >= 0.6 is 11.8 Å². The minimum Gasteiger partial charge on any atom is -0.295 e. The predicted molar refractivity (Wildman–Crippen MR) is 82.3 cm³/mol. The van der Waals surface area contributed by atoms with E-state index in [9.17, 15) is 13.2 Å². The summed E-state index contributed by atoms with van der Waals surface area (Å²) < 4.78 is 23.1. The number of thioether (sulfide) groups is 1. The van der Waals surface area contributed by atoms with E-state index < -0.39 is 9.84 Å². The molecular weight excluding hydrogens is 294 g/mol. The fourth-order valence-electron chi connectivity index (χ4n) is 2.22. The lowest BCUT2D eigenvalue weighted by Gasteiger charge is -2.18. The fraction of sp³-hybridized carbons (Fsp3) is 0.500. The van der Waals surface area contributed by atoms with Crippen LogP contribution in [0.3, 0.4) is 0 Å². The van der Waals surface area contributed by atoms with Crippen molar-refractivity contribution in [1.29, 1.82) is 0 Å². The van der Waals surface area contributed by atoms with Gasteiger partial charge in [0.15, 0.2) is 15.6 Å². The Kier molecular flexibility index (Phi) is 5.23. The Hall–Kier alpha value is -0.850. The predicted octanol–water partition coefficient (Wildman–Crippen LogP) is 1.71. The van der Waals surface area contributed by atoms with E-state index in [2.05, 4.69) is 0 Å². The number of Topliss-reactive ketones (excluding diaryl/α,β-unsaturated/α-hetero) is 1. The maximum atomic E-state index is 12.2. The molecule has 1 saturated heterocycles. The monoisotopic (exact) mass is 313 g/mol. The summed E-state index contributed by atoms with van der Waals surface area (Å²) in [5.41, 5.74) is 0.690. The molecule has 1 fully saturated rings. The number of hydrogen-bond donors (Lipinski definition) is 0. The van der Waals surface area contributed by atoms with E-state index in [0.29, 0.717) is 31.6 Å². The van der Waals surface area contributed by atoms with Crippen LogP contribution in [-0.2, 0) is 9.84 Å². The van der Waals surface area contributed by atoms with Crippen LogP contribution in [0.15, 0.2) is 29.2 Å². The standard InChI is InChI=1S/C14H19NO3S2/c1-19-13-5-3-12(4-6-13)14(16)11-15-7-2-9-20(17,18)10-8-15/h3-6H,2,7-11H2,1H3. The van der Waals surface area contributed by atoms with Crippen LogP contribution < -0.4 is 0 Å². The molecule has 2 rings (SSSR count). The van der Waals surface area contributed by atoms with Crippen LogP contribution in [-0.4, -0.2) is 56.5 Å². The molecule has 20 heavy (non-hydrogen) atoms. The van der Waals surface area contributed by atoms with E-state index in [4.69, 9.17) is 0 Å². The number of ketones is 1. The highest BCUT2D eigenvalue weighted by atomic mass is 32.2. The molecule has 0 aliphatic carbocycles. The number of carbonyl (C=O) groups is 1. The average molecular weight is 313 g/mol. The summed E-state index contributed by atoms with van der Waals surface area (Å²) in [7, 11) is -2.92. The SMILES string of the molecule is CSc1ccc(C(=O)CN2CCCS(=O)(=O)CC2)cc1. The highest BCUT2D eigenvalue weighted by molar-refractivity contribution is 7.98. The summed E-state index contributed by atoms with van der Waals surface area (Å²) in [5, 5.41) is 0. The van der Waals surface area contributed by atoms with Gasteiger partial charge < -0.3 is 0 Å². The van der Waals surface area contributed by atoms with E-state index in [1.807, 2.05) is 35.4 Å². The third-order valence-electron chi connectivity index (χ3n) is 3.43. The first-order valence-electron chi connectivity index (χ1n) is 6.60. The Bertz CT molecular complexity index is 567. The highest BCUT2D eigenvalue weighted by Crippen LogP contribution is 2.15. The maximum Gasteiger partial charge on any atom is 0.176 e. The third kappa shape index (κ3) is 4.33. The Balaban J connectivity index is 1.96. The Morgan fingerprint density at radius 1 is 1.20 bits per heavy atom. The smallest absolute Gasteiger partial charge is 0.176 e. The van der Waals surface area contributed by atoms with Gasteiger partial charge in [0.05, 0.1) is 18.1 Å². The van der Waals surface area contributed by atoms with Crippen LogP contribution in [0.5, 0.6) is 0 Å². The molecule has 0 aromatic heterocycles. The summed E-state index contributed by atoms with van der Waals surface area (Å²) in [6.45, 7) is 1.43. The van der Waals surface area contributed by atoms with Crippen LogP contribution in [0, 0.1) is 0 Å². The second kappa shape index (κ2) is 6.74. The molecule has 4 nitrogen and oxygen atoms in total. The lowest BCUT2D eigenvalue weighted by atomic mass is 10.1. The number of rotatable bonds is 4. The molecule has 0 atom stereocenters. The quantitative estimate of drug-likeness (QED) is 0.626. The van der Waals surface area contributed by atoms with Crippen molar-refractivity contribution in [3.8, 4) is 0 Å².